The summed E-state index contributed by atoms with van der Waals surface area (Å²) in [5, 5.41) is 0. The highest BCUT2D eigenvalue weighted by atomic mass is 19.4. The smallest absolute Gasteiger partial charge is 0.489 e. The quantitative estimate of drug-likeness (QED) is 0.161. The minimum atomic E-state index is -5.38. The number of hydrogen-bond acceptors (Lipinski definition) is 8. The van der Waals surface area contributed by atoms with E-state index in [1.54, 1.807) is 74.6 Å². The number of nitrogens with zero attached hydrogens (tertiary/aromatic N) is 3. The van der Waals surface area contributed by atoms with Crippen LogP contribution < -0.4 is 15.4 Å². The summed E-state index contributed by atoms with van der Waals surface area (Å²) in [7, 11) is 0. The number of esters is 2. The van der Waals surface area contributed by atoms with E-state index >= 15 is 0 Å². The van der Waals surface area contributed by atoms with E-state index in [1.165, 1.54) is 17.9 Å². The Kier molecular flexibility index (Phi) is 10.3. The second-order valence-corrected chi connectivity index (χ2v) is 10.7. The van der Waals surface area contributed by atoms with Gasteiger partial charge in [0.25, 0.3) is 11.8 Å². The lowest BCUT2D eigenvalue weighted by Gasteiger charge is -2.36. The molecule has 2 N–H and O–H groups in total. The standard InChI is InChI=1S/C33H31F3N4O6/c1-20(2)39-25-15-14-22(10-7-8-17-45-26-13-9-16-38-29(26)37)19-24(25)30(42)40(28(31(39)43)23-11-5-4-6-12-23)21(3)18-27(41)46-32(44)33(34,35)36/h4-6,9,11-16,19-21,28H,8,17-18H2,1-3H3,(H2,37,38). The van der Waals surface area contributed by atoms with Gasteiger partial charge in [-0.2, -0.15) is 13.2 Å². The van der Waals surface area contributed by atoms with Gasteiger partial charge in [0.1, 0.15) is 6.04 Å². The predicted octanol–water partition coefficient (Wildman–Crippen LogP) is 4.83. The van der Waals surface area contributed by atoms with E-state index in [9.17, 15) is 32.3 Å². The maximum Gasteiger partial charge on any atom is 0.491 e. The van der Waals surface area contributed by atoms with E-state index in [0.717, 1.165) is 4.90 Å². The summed E-state index contributed by atoms with van der Waals surface area (Å²) < 4.78 is 47.8. The van der Waals surface area contributed by atoms with Crippen LogP contribution in [0.2, 0.25) is 0 Å². The number of amides is 2. The molecule has 1 aliphatic heterocycles. The van der Waals surface area contributed by atoms with Gasteiger partial charge < -0.3 is 25.0 Å². The maximum atomic E-state index is 14.3. The molecule has 1 aromatic heterocycles. The van der Waals surface area contributed by atoms with E-state index in [0.29, 0.717) is 29.0 Å². The number of halogens is 3. The Morgan fingerprint density at radius 1 is 1.04 bits per heavy atom. The van der Waals surface area contributed by atoms with Crippen LogP contribution >= 0.6 is 0 Å². The van der Waals surface area contributed by atoms with E-state index < -0.39 is 54.5 Å². The number of benzene rings is 2. The Labute approximate surface area is 263 Å². The Balaban J connectivity index is 1.69. The van der Waals surface area contributed by atoms with Crippen molar-refractivity contribution in [1.29, 1.82) is 0 Å². The van der Waals surface area contributed by atoms with Gasteiger partial charge in [0.15, 0.2) is 11.6 Å². The Hall–Kier alpha value is -5.38. The lowest BCUT2D eigenvalue weighted by molar-refractivity contribution is -0.202. The van der Waals surface area contributed by atoms with E-state index in [1.807, 2.05) is 0 Å². The van der Waals surface area contributed by atoms with Crippen LogP contribution in [0.4, 0.5) is 24.7 Å². The van der Waals surface area contributed by atoms with Crippen molar-refractivity contribution in [3.63, 3.8) is 0 Å². The molecule has 1 aliphatic rings. The molecule has 4 rings (SSSR count). The molecule has 0 saturated carbocycles. The number of pyridine rings is 1. The average Bonchev–Trinajstić information content (AvgIpc) is 3.09. The predicted molar refractivity (Wildman–Crippen MR) is 161 cm³/mol. The number of anilines is 2. The lowest BCUT2D eigenvalue weighted by atomic mass is 10.0. The van der Waals surface area contributed by atoms with Crippen molar-refractivity contribution in [3.8, 4) is 17.6 Å². The zero-order chi connectivity index (χ0) is 33.6. The maximum absolute atomic E-state index is 14.3. The lowest BCUT2D eigenvalue weighted by Crippen LogP contribution is -2.48. The molecule has 0 bridgehead atoms. The second-order valence-electron chi connectivity index (χ2n) is 10.7. The molecular formula is C33H31F3N4O6. The molecule has 0 radical (unpaired) electrons. The van der Waals surface area contributed by atoms with Crippen LogP contribution in [0.25, 0.3) is 0 Å². The molecule has 0 saturated heterocycles. The third kappa shape index (κ3) is 7.63. The van der Waals surface area contributed by atoms with Gasteiger partial charge in [0, 0.05) is 30.3 Å². The van der Waals surface area contributed by atoms with Crippen molar-refractivity contribution in [3.05, 3.63) is 83.6 Å². The van der Waals surface area contributed by atoms with Crippen molar-refractivity contribution in [2.24, 2.45) is 0 Å². The van der Waals surface area contributed by atoms with Crippen LogP contribution in [-0.2, 0) is 19.1 Å². The summed E-state index contributed by atoms with van der Waals surface area (Å²) in [6.07, 6.45) is -4.32. The van der Waals surface area contributed by atoms with Gasteiger partial charge in [-0.25, -0.2) is 9.78 Å². The van der Waals surface area contributed by atoms with Crippen LogP contribution in [0.1, 0.15) is 61.1 Å². The third-order valence-corrected chi connectivity index (χ3v) is 6.99. The number of alkyl halides is 3. The molecule has 13 heteroatoms. The van der Waals surface area contributed by atoms with Crippen molar-refractivity contribution >= 4 is 35.3 Å². The van der Waals surface area contributed by atoms with Crippen molar-refractivity contribution in [2.75, 3.05) is 17.2 Å². The number of aromatic nitrogens is 1. The SMILES string of the molecule is CC(C)N1C(=O)C(c2ccccc2)N(C(C)CC(=O)OC(=O)C(F)(F)F)C(=O)c2cc(C#CCCOc3cccnc3N)ccc21. The van der Waals surface area contributed by atoms with Gasteiger partial charge in [-0.1, -0.05) is 42.2 Å². The molecule has 46 heavy (non-hydrogen) atoms. The number of nitrogens with two attached hydrogens (primary N) is 1. The minimum Gasteiger partial charge on any atom is -0.489 e. The molecule has 2 atom stereocenters. The van der Waals surface area contributed by atoms with Crippen LogP contribution in [0.5, 0.6) is 5.75 Å². The summed E-state index contributed by atoms with van der Waals surface area (Å²) >= 11 is 0. The molecule has 240 valence electrons. The Bertz CT molecular complexity index is 1680. The largest absolute Gasteiger partial charge is 0.491 e. The van der Waals surface area contributed by atoms with E-state index in [-0.39, 0.29) is 18.0 Å². The van der Waals surface area contributed by atoms with Crippen molar-refractivity contribution in [1.82, 2.24) is 9.88 Å². The monoisotopic (exact) mass is 636 g/mol. The zero-order valence-corrected chi connectivity index (χ0v) is 25.2. The molecule has 2 heterocycles. The van der Waals surface area contributed by atoms with Crippen LogP contribution in [-0.4, -0.2) is 58.5 Å². The fourth-order valence-electron chi connectivity index (χ4n) is 4.99. The Morgan fingerprint density at radius 2 is 1.76 bits per heavy atom. The molecular weight excluding hydrogens is 605 g/mol. The molecule has 0 aliphatic carbocycles. The topological polar surface area (TPSA) is 132 Å². The number of carbonyl (C=O) groups excluding carboxylic acids is 4. The van der Waals surface area contributed by atoms with Crippen LogP contribution in [0, 0.1) is 11.8 Å². The molecule has 10 nitrogen and oxygen atoms in total. The summed E-state index contributed by atoms with van der Waals surface area (Å²) in [6, 6.07) is 13.7. The third-order valence-electron chi connectivity index (χ3n) is 6.99. The summed E-state index contributed by atoms with van der Waals surface area (Å²) in [6.45, 7) is 5.16. The molecule has 2 amide bonds. The van der Waals surface area contributed by atoms with Crippen LogP contribution in [0.15, 0.2) is 66.9 Å². The molecule has 0 fully saturated rings. The van der Waals surface area contributed by atoms with Gasteiger partial charge in [-0.3, -0.25) is 14.4 Å². The normalized spacial score (nSPS) is 15.4. The first-order chi connectivity index (χ1) is 21.8. The highest BCUT2D eigenvalue weighted by molar-refractivity contribution is 6.12. The Morgan fingerprint density at radius 3 is 2.41 bits per heavy atom. The van der Waals surface area contributed by atoms with Crippen LogP contribution in [0.3, 0.4) is 0 Å². The number of rotatable bonds is 8. The minimum absolute atomic E-state index is 0.0956. The zero-order valence-electron chi connectivity index (χ0n) is 25.2. The number of fused-ring (bicyclic) bond motifs is 1. The second kappa shape index (κ2) is 14.2. The van der Waals surface area contributed by atoms with E-state index in [2.05, 4.69) is 21.6 Å². The molecule has 2 unspecified atom stereocenters. The highest BCUT2D eigenvalue weighted by Gasteiger charge is 2.45. The average molecular weight is 637 g/mol. The van der Waals surface area contributed by atoms with Gasteiger partial charge in [-0.15, -0.1) is 0 Å². The van der Waals surface area contributed by atoms with Crippen molar-refractivity contribution in [2.45, 2.75) is 57.9 Å². The first-order valence-electron chi connectivity index (χ1n) is 14.3. The summed E-state index contributed by atoms with van der Waals surface area (Å²) in [5.74, 6) is 1.29. The fourth-order valence-corrected chi connectivity index (χ4v) is 4.99. The number of carbonyl (C=O) groups is 4. The first-order valence-corrected chi connectivity index (χ1v) is 14.3. The summed E-state index contributed by atoms with van der Waals surface area (Å²) in [5.41, 5.74) is 7.05. The first kappa shape index (κ1) is 33.5. The molecule has 0 spiro atoms. The van der Waals surface area contributed by atoms with Crippen molar-refractivity contribution < 1.29 is 41.8 Å². The molecule has 2 aromatic carbocycles. The van der Waals surface area contributed by atoms with Gasteiger partial charge in [0.05, 0.1) is 24.3 Å². The molecule has 3 aromatic rings. The van der Waals surface area contributed by atoms with Gasteiger partial charge in [-0.05, 0) is 56.7 Å². The summed E-state index contributed by atoms with van der Waals surface area (Å²) in [4.78, 5) is 58.8. The van der Waals surface area contributed by atoms with E-state index in [4.69, 9.17) is 10.5 Å². The highest BCUT2D eigenvalue weighted by Crippen LogP contribution is 2.38. The number of hydrogen-bond donors (Lipinski definition) is 1. The fraction of sp³-hybridized carbons (Fsp3) is 0.303. The number of ether oxygens (including phenoxy) is 2. The van der Waals surface area contributed by atoms with Gasteiger partial charge in [0.2, 0.25) is 0 Å². The van der Waals surface area contributed by atoms with Gasteiger partial charge >= 0.3 is 18.1 Å². The number of nitrogen functional groups attached to an aromatic ring is 1.